The van der Waals surface area contributed by atoms with Crippen molar-refractivity contribution in [2.75, 3.05) is 56.6 Å². The van der Waals surface area contributed by atoms with E-state index in [1.165, 1.54) is 128 Å². The summed E-state index contributed by atoms with van der Waals surface area (Å²) >= 11 is 0. The van der Waals surface area contributed by atoms with Gasteiger partial charge in [0.1, 0.15) is 7.05 Å². The third kappa shape index (κ3) is 11.1. The van der Waals surface area contributed by atoms with Crippen molar-refractivity contribution in [2.24, 2.45) is 0 Å². The molecule has 41 heavy (non-hydrogen) atoms. The summed E-state index contributed by atoms with van der Waals surface area (Å²) in [5, 5.41) is 29.2. The van der Waals surface area contributed by atoms with E-state index in [4.69, 9.17) is 20.4 Å². The summed E-state index contributed by atoms with van der Waals surface area (Å²) < 4.78 is 12.1. The Morgan fingerprint density at radius 1 is 0.463 bits per heavy atom. The Hall–Kier alpha value is -0.0500. The van der Waals surface area contributed by atoms with E-state index in [2.05, 4.69) is 46.5 Å². The zero-order valence-corrected chi connectivity index (χ0v) is 29.3. The number of hydrogen-bond acceptors (Lipinski definition) is 4. The molecular weight excluding hydrogens is 535 g/mol. The predicted molar refractivity (Wildman–Crippen MR) is 174 cm³/mol. The molecule has 0 spiro atoms. The lowest BCUT2D eigenvalue weighted by Gasteiger charge is -2.51. The van der Waals surface area contributed by atoms with Gasteiger partial charge in [0, 0.05) is 52.3 Å². The van der Waals surface area contributed by atoms with Crippen molar-refractivity contribution in [1.82, 2.24) is 14.0 Å². The average Bonchev–Trinajstić information content (AvgIpc) is 3.10. The molecule has 9 heteroatoms. The molecule has 8 nitrogen and oxygen atoms in total. The van der Waals surface area contributed by atoms with Crippen molar-refractivity contribution in [3.05, 3.63) is 0 Å². The van der Waals surface area contributed by atoms with Crippen LogP contribution < -0.4 is 5.11 Å². The second-order valence-electron chi connectivity index (χ2n) is 12.0. The van der Waals surface area contributed by atoms with Crippen molar-refractivity contribution >= 4 is 7.51 Å². The monoisotopic (exact) mass is 607 g/mol. The van der Waals surface area contributed by atoms with Crippen LogP contribution in [0.5, 0.6) is 0 Å². The molecule has 0 aliphatic heterocycles. The van der Waals surface area contributed by atoms with Gasteiger partial charge in [-0.05, 0) is 72.5 Å². The standard InChI is InChI=1S/C28H56N4P.3CH4O.CH3O/c1-29(25-17-9-5-10-18-25)33(30(2)26-19-11-6-12-20-26,31(3)27-21-13-7-14-22-27)32(4)28-23-15-8-16-24-28;4*1-2/h25-28H,5-24H2,1-4H3;3*2H,1H3;1H3/q+1;;;;-1. The van der Waals surface area contributed by atoms with E-state index in [0.717, 1.165) is 52.6 Å². The van der Waals surface area contributed by atoms with Crippen LogP contribution in [-0.2, 0) is 0 Å². The molecule has 0 atom stereocenters. The third-order valence-corrected chi connectivity index (χ3v) is 14.8. The Morgan fingerprint density at radius 2 is 0.683 bits per heavy atom. The maximum atomic E-state index is 8.25. The Labute approximate surface area is 255 Å². The molecule has 0 aromatic carbocycles. The van der Waals surface area contributed by atoms with Gasteiger partial charge in [0.2, 0.25) is 0 Å². The van der Waals surface area contributed by atoms with E-state index >= 15 is 0 Å². The van der Waals surface area contributed by atoms with Crippen LogP contribution in [0.3, 0.4) is 0 Å². The van der Waals surface area contributed by atoms with Gasteiger partial charge in [-0.15, -0.1) is 0 Å². The van der Waals surface area contributed by atoms with Crippen molar-refractivity contribution < 1.29 is 24.8 Å². The lowest BCUT2D eigenvalue weighted by atomic mass is 9.96. The van der Waals surface area contributed by atoms with Crippen LogP contribution in [0, 0.1) is 0 Å². The van der Waals surface area contributed by atoms with Crippen LogP contribution in [0.2, 0.25) is 0 Å². The van der Waals surface area contributed by atoms with E-state index in [0.29, 0.717) is 0 Å². The van der Waals surface area contributed by atoms with E-state index in [1.807, 2.05) is 0 Å². The summed E-state index contributed by atoms with van der Waals surface area (Å²) in [5.74, 6) is 0. The highest BCUT2D eigenvalue weighted by Gasteiger charge is 2.51. The summed E-state index contributed by atoms with van der Waals surface area (Å²) in [6.45, 7) is 0. The Morgan fingerprint density at radius 3 is 0.927 bits per heavy atom. The van der Waals surface area contributed by atoms with Gasteiger partial charge in [0.05, 0.1) is 0 Å². The molecule has 4 fully saturated rings. The minimum absolute atomic E-state index is 0.750. The highest BCUT2D eigenvalue weighted by atomic mass is 31.2. The van der Waals surface area contributed by atoms with Gasteiger partial charge >= 0.3 is 7.51 Å². The van der Waals surface area contributed by atoms with Crippen LogP contribution in [0.1, 0.15) is 128 Å². The largest absolute Gasteiger partial charge is 0.857 e. The molecule has 4 saturated carbocycles. The first-order valence-electron chi connectivity index (χ1n) is 16.6. The van der Waals surface area contributed by atoms with Gasteiger partial charge in [-0.1, -0.05) is 64.2 Å². The van der Waals surface area contributed by atoms with Crippen LogP contribution in [0.25, 0.3) is 0 Å². The molecular formula is C32H71N4O4P. The van der Waals surface area contributed by atoms with E-state index in [1.54, 1.807) is 0 Å². The minimum atomic E-state index is -1.80. The number of hydrogen-bond donors (Lipinski definition) is 3. The number of aliphatic hydroxyl groups is 3. The zero-order valence-electron chi connectivity index (χ0n) is 28.4. The summed E-state index contributed by atoms with van der Waals surface area (Å²) in [6, 6.07) is 3.04. The first kappa shape index (κ1) is 41.0. The molecule has 4 rings (SSSR count). The number of nitrogens with zero attached hydrogens (tertiary/aromatic N) is 4. The second-order valence-corrected chi connectivity index (χ2v) is 15.6. The molecule has 0 aromatic heterocycles. The summed E-state index contributed by atoms with van der Waals surface area (Å²) in [5.41, 5.74) is 0. The molecule has 0 bridgehead atoms. The van der Waals surface area contributed by atoms with Crippen LogP contribution >= 0.6 is 7.51 Å². The Balaban J connectivity index is 0.00000184. The van der Waals surface area contributed by atoms with Gasteiger partial charge in [0.25, 0.3) is 0 Å². The van der Waals surface area contributed by atoms with Gasteiger partial charge in [-0.3, -0.25) is 0 Å². The van der Waals surface area contributed by atoms with Crippen molar-refractivity contribution in [3.8, 4) is 0 Å². The maximum absolute atomic E-state index is 8.25. The lowest BCUT2D eigenvalue weighted by Crippen LogP contribution is -2.52. The SMILES string of the molecule is CN(C1CCCCC1)P(N(C)C1CCCCC1)(N(C)C1CCCCC1)=[N+](C)C1CCCCC1.CO.CO.CO.C[O-]. The van der Waals surface area contributed by atoms with Gasteiger partial charge in [-0.2, -0.15) is 7.11 Å². The van der Waals surface area contributed by atoms with Crippen molar-refractivity contribution in [2.45, 2.75) is 153 Å². The quantitative estimate of drug-likeness (QED) is 0.329. The molecule has 4 aliphatic carbocycles. The predicted octanol–water partition coefficient (Wildman–Crippen LogP) is 5.50. The summed E-state index contributed by atoms with van der Waals surface area (Å²) in [6.07, 6.45) is 28.5. The van der Waals surface area contributed by atoms with Crippen LogP contribution in [0.4, 0.5) is 0 Å². The fourth-order valence-electron chi connectivity index (χ4n) is 8.03. The van der Waals surface area contributed by atoms with Crippen molar-refractivity contribution in [3.63, 3.8) is 0 Å². The first-order valence-corrected chi connectivity index (χ1v) is 18.2. The van der Waals surface area contributed by atoms with Crippen LogP contribution in [0.15, 0.2) is 0 Å². The maximum Gasteiger partial charge on any atom is 0.312 e. The fourth-order valence-corrected chi connectivity index (χ4v) is 13.4. The molecule has 0 heterocycles. The summed E-state index contributed by atoms with van der Waals surface area (Å²) in [4.78, 5) is 0. The van der Waals surface area contributed by atoms with Gasteiger partial charge in [-0.25, -0.2) is 18.3 Å². The minimum Gasteiger partial charge on any atom is -0.857 e. The molecule has 248 valence electrons. The Kier molecular flexibility index (Phi) is 24.3. The molecule has 3 N–H and O–H groups in total. The highest BCUT2D eigenvalue weighted by molar-refractivity contribution is 7.56. The number of rotatable bonds is 7. The molecule has 0 radical (unpaired) electrons. The second kappa shape index (κ2) is 24.3. The van der Waals surface area contributed by atoms with E-state index in [-0.39, 0.29) is 0 Å². The third-order valence-electron chi connectivity index (χ3n) is 10.1. The van der Waals surface area contributed by atoms with E-state index in [9.17, 15) is 0 Å². The normalized spacial score (nSPS) is 21.4. The Bertz CT molecular complexity index is 594. The molecule has 0 amide bonds. The van der Waals surface area contributed by atoms with Crippen molar-refractivity contribution in [1.29, 1.82) is 0 Å². The molecule has 0 saturated heterocycles. The van der Waals surface area contributed by atoms with Gasteiger partial charge in [0.15, 0.2) is 6.04 Å². The summed E-state index contributed by atoms with van der Waals surface area (Å²) in [7, 11) is 12.2. The zero-order chi connectivity index (χ0) is 31.3. The topological polar surface area (TPSA) is 96.5 Å². The average molecular weight is 607 g/mol. The lowest BCUT2D eigenvalue weighted by molar-refractivity contribution is -0.532. The fraction of sp³-hybridized carbons (Fsp3) is 1.00. The molecule has 4 aliphatic rings. The first-order chi connectivity index (χ1) is 20.1. The van der Waals surface area contributed by atoms with Crippen LogP contribution in [-0.4, -0.2) is 114 Å². The molecule has 0 unspecified atom stereocenters. The van der Waals surface area contributed by atoms with Gasteiger partial charge < -0.3 is 20.4 Å². The highest BCUT2D eigenvalue weighted by Crippen LogP contribution is 2.62. The smallest absolute Gasteiger partial charge is 0.312 e. The number of aliphatic hydroxyl groups excluding tert-OH is 3. The molecule has 0 aromatic rings. The van der Waals surface area contributed by atoms with E-state index < -0.39 is 7.51 Å².